The number of halogens is 3. The zero-order chi connectivity index (χ0) is 24.1. The molecule has 0 radical (unpaired) electrons. The van der Waals surface area contributed by atoms with E-state index in [1.165, 1.54) is 12.1 Å². The molecule has 0 aliphatic carbocycles. The number of hydrogen-bond donors (Lipinski definition) is 4. The van der Waals surface area contributed by atoms with Gasteiger partial charge in [-0.1, -0.05) is 6.07 Å². The SMILES string of the molecule is COC(=O)c1cc(NCCC(C)(C)O)c(C=N)cc1NC(=O)c1cccc(C(F)(F)F)n1. The third-order valence-electron chi connectivity index (χ3n) is 4.32. The first kappa shape index (κ1) is 24.8. The summed E-state index contributed by atoms with van der Waals surface area (Å²) in [6.07, 6.45) is -3.37. The number of carbonyl (C=O) groups is 2. The summed E-state index contributed by atoms with van der Waals surface area (Å²) in [5.41, 5.74) is -2.14. The Balaban J connectivity index is 2.39. The van der Waals surface area contributed by atoms with E-state index in [0.717, 1.165) is 31.5 Å². The number of nitrogens with zero attached hydrogens (tertiary/aromatic N) is 1. The molecule has 8 nitrogen and oxygen atoms in total. The van der Waals surface area contributed by atoms with Gasteiger partial charge in [-0.3, -0.25) is 4.79 Å². The van der Waals surface area contributed by atoms with Gasteiger partial charge >= 0.3 is 12.1 Å². The second kappa shape index (κ2) is 9.77. The third-order valence-corrected chi connectivity index (χ3v) is 4.32. The highest BCUT2D eigenvalue weighted by Gasteiger charge is 2.33. The fourth-order valence-electron chi connectivity index (χ4n) is 2.68. The van der Waals surface area contributed by atoms with E-state index < -0.39 is 35.0 Å². The Morgan fingerprint density at radius 1 is 1.22 bits per heavy atom. The van der Waals surface area contributed by atoms with E-state index >= 15 is 0 Å². The predicted molar refractivity (Wildman–Crippen MR) is 112 cm³/mol. The number of nitrogens with one attached hydrogen (secondary N) is 3. The molecule has 0 aliphatic rings. The summed E-state index contributed by atoms with van der Waals surface area (Å²) in [7, 11) is 1.13. The van der Waals surface area contributed by atoms with Crippen LogP contribution >= 0.6 is 0 Å². The first-order valence-corrected chi connectivity index (χ1v) is 9.44. The van der Waals surface area contributed by atoms with E-state index in [4.69, 9.17) is 10.1 Å². The van der Waals surface area contributed by atoms with Crippen LogP contribution in [-0.2, 0) is 10.9 Å². The zero-order valence-corrected chi connectivity index (χ0v) is 17.6. The Bertz CT molecular complexity index is 1020. The molecule has 0 fully saturated rings. The standard InChI is InChI=1S/C21H23F3N4O4/c1-20(2,31)7-8-26-15-10-13(19(30)32-3)16(9-12(15)11-25)28-18(29)14-5-4-6-17(27-14)21(22,23)24/h4-6,9-11,25-26,31H,7-8H2,1-3H3,(H,28,29). The van der Waals surface area contributed by atoms with E-state index in [-0.39, 0.29) is 11.3 Å². The Morgan fingerprint density at radius 3 is 2.47 bits per heavy atom. The highest BCUT2D eigenvalue weighted by Crippen LogP contribution is 2.29. The monoisotopic (exact) mass is 452 g/mol. The van der Waals surface area contributed by atoms with E-state index in [2.05, 4.69) is 15.6 Å². The molecule has 1 amide bonds. The predicted octanol–water partition coefficient (Wildman–Crippen LogP) is 3.71. The number of aromatic nitrogens is 1. The summed E-state index contributed by atoms with van der Waals surface area (Å²) in [4.78, 5) is 28.1. The first-order chi connectivity index (χ1) is 14.9. The summed E-state index contributed by atoms with van der Waals surface area (Å²) in [5.74, 6) is -1.78. The van der Waals surface area contributed by atoms with Crippen molar-refractivity contribution in [1.82, 2.24) is 4.98 Å². The normalized spacial score (nSPS) is 11.6. The lowest BCUT2D eigenvalue weighted by atomic mass is 10.0. The van der Waals surface area contributed by atoms with Crippen molar-refractivity contribution in [3.63, 3.8) is 0 Å². The zero-order valence-electron chi connectivity index (χ0n) is 17.6. The molecule has 32 heavy (non-hydrogen) atoms. The van der Waals surface area contributed by atoms with Gasteiger partial charge in [-0.25, -0.2) is 9.78 Å². The molecule has 0 unspecified atom stereocenters. The van der Waals surface area contributed by atoms with Crippen molar-refractivity contribution in [3.8, 4) is 0 Å². The minimum atomic E-state index is -4.72. The Kier molecular flexibility index (Phi) is 7.57. The van der Waals surface area contributed by atoms with Gasteiger partial charge in [0, 0.05) is 24.0 Å². The summed E-state index contributed by atoms with van der Waals surface area (Å²) in [5, 5.41) is 22.8. The third kappa shape index (κ3) is 6.51. The largest absolute Gasteiger partial charge is 0.465 e. The van der Waals surface area contributed by atoms with Gasteiger partial charge in [0.25, 0.3) is 5.91 Å². The van der Waals surface area contributed by atoms with Crippen LogP contribution in [0.1, 0.15) is 52.4 Å². The van der Waals surface area contributed by atoms with Crippen LogP contribution in [0.4, 0.5) is 24.5 Å². The van der Waals surface area contributed by atoms with Crippen molar-refractivity contribution in [2.75, 3.05) is 24.3 Å². The number of pyridine rings is 1. The van der Waals surface area contributed by atoms with Crippen molar-refractivity contribution in [3.05, 3.63) is 52.8 Å². The van der Waals surface area contributed by atoms with E-state index in [1.54, 1.807) is 13.8 Å². The number of methoxy groups -OCH3 is 1. The summed E-state index contributed by atoms with van der Waals surface area (Å²) < 4.78 is 43.4. The number of rotatable bonds is 8. The molecule has 1 aromatic heterocycles. The van der Waals surface area contributed by atoms with Gasteiger partial charge in [0.15, 0.2) is 0 Å². The van der Waals surface area contributed by atoms with E-state index in [9.17, 15) is 27.9 Å². The van der Waals surface area contributed by atoms with Crippen molar-refractivity contribution < 1.29 is 32.6 Å². The van der Waals surface area contributed by atoms with E-state index in [0.29, 0.717) is 24.2 Å². The fraction of sp³-hybridized carbons (Fsp3) is 0.333. The maximum absolute atomic E-state index is 12.9. The lowest BCUT2D eigenvalue weighted by Gasteiger charge is -2.19. The number of hydrogen-bond acceptors (Lipinski definition) is 7. The summed E-state index contributed by atoms with van der Waals surface area (Å²) in [6.45, 7) is 3.59. The van der Waals surface area contributed by atoms with Gasteiger partial charge in [0.05, 0.1) is 24.0 Å². The molecule has 2 rings (SSSR count). The number of carbonyl (C=O) groups excluding carboxylic acids is 2. The first-order valence-electron chi connectivity index (χ1n) is 9.44. The van der Waals surface area contributed by atoms with Crippen LogP contribution in [0.25, 0.3) is 0 Å². The van der Waals surface area contributed by atoms with Gasteiger partial charge in [-0.15, -0.1) is 0 Å². The smallest absolute Gasteiger partial charge is 0.433 e. The number of alkyl halides is 3. The number of benzene rings is 1. The molecule has 1 aromatic carbocycles. The van der Waals surface area contributed by atoms with Crippen molar-refractivity contribution in [2.45, 2.75) is 32.0 Å². The Labute approximate surface area is 182 Å². The average molecular weight is 452 g/mol. The molecule has 0 saturated heterocycles. The van der Waals surface area contributed by atoms with Gasteiger partial charge in [-0.2, -0.15) is 13.2 Å². The summed E-state index contributed by atoms with van der Waals surface area (Å²) >= 11 is 0. The molecule has 0 bridgehead atoms. The number of anilines is 2. The Hall–Kier alpha value is -3.47. The van der Waals surface area contributed by atoms with Crippen LogP contribution in [-0.4, -0.2) is 47.4 Å². The second-order valence-electron chi connectivity index (χ2n) is 7.47. The van der Waals surface area contributed by atoms with Crippen molar-refractivity contribution in [1.29, 1.82) is 5.41 Å². The quantitative estimate of drug-likeness (QED) is 0.358. The number of esters is 1. The highest BCUT2D eigenvalue weighted by atomic mass is 19.4. The average Bonchev–Trinajstić information content (AvgIpc) is 2.72. The van der Waals surface area contributed by atoms with Crippen LogP contribution < -0.4 is 10.6 Å². The molecular formula is C21H23F3N4O4. The number of ether oxygens (including phenoxy) is 1. The van der Waals surface area contributed by atoms with Crippen LogP contribution in [0.2, 0.25) is 0 Å². The molecule has 0 spiro atoms. The number of aliphatic hydroxyl groups is 1. The Morgan fingerprint density at radius 2 is 1.91 bits per heavy atom. The maximum Gasteiger partial charge on any atom is 0.433 e. The molecule has 4 N–H and O–H groups in total. The van der Waals surface area contributed by atoms with Crippen LogP contribution in [0, 0.1) is 5.41 Å². The van der Waals surface area contributed by atoms with Crippen molar-refractivity contribution in [2.24, 2.45) is 0 Å². The maximum atomic E-state index is 12.9. The molecule has 2 aromatic rings. The molecule has 1 heterocycles. The summed E-state index contributed by atoms with van der Waals surface area (Å²) in [6, 6.07) is 5.55. The van der Waals surface area contributed by atoms with Crippen LogP contribution in [0.15, 0.2) is 30.3 Å². The lowest BCUT2D eigenvalue weighted by molar-refractivity contribution is -0.141. The molecule has 11 heteroatoms. The topological polar surface area (TPSA) is 124 Å². The molecule has 172 valence electrons. The van der Waals surface area contributed by atoms with Gasteiger partial charge in [0.2, 0.25) is 0 Å². The molecule has 0 saturated carbocycles. The van der Waals surface area contributed by atoms with Crippen LogP contribution in [0.5, 0.6) is 0 Å². The fourth-order valence-corrected chi connectivity index (χ4v) is 2.68. The molecular weight excluding hydrogens is 429 g/mol. The second-order valence-corrected chi connectivity index (χ2v) is 7.47. The minimum Gasteiger partial charge on any atom is -0.465 e. The van der Waals surface area contributed by atoms with E-state index in [1.807, 2.05) is 0 Å². The number of amides is 1. The highest BCUT2D eigenvalue weighted by molar-refractivity contribution is 6.08. The molecule has 0 atom stereocenters. The lowest BCUT2D eigenvalue weighted by Crippen LogP contribution is -2.23. The van der Waals surface area contributed by atoms with Crippen molar-refractivity contribution >= 4 is 29.5 Å². The van der Waals surface area contributed by atoms with Gasteiger partial charge in [0.1, 0.15) is 11.4 Å². The molecule has 0 aliphatic heterocycles. The van der Waals surface area contributed by atoms with Gasteiger partial charge in [-0.05, 0) is 44.5 Å². The van der Waals surface area contributed by atoms with Gasteiger partial charge < -0.3 is 25.9 Å². The minimum absolute atomic E-state index is 0.0624. The van der Waals surface area contributed by atoms with Crippen LogP contribution in [0.3, 0.4) is 0 Å².